The van der Waals surface area contributed by atoms with Crippen LogP contribution < -0.4 is 4.83 Å². The molecule has 1 amide bonds. The Balaban J connectivity index is 1.71. The smallest absolute Gasteiger partial charge is 0.250 e. The molecule has 0 unspecified atom stereocenters. The largest absolute Gasteiger partial charge is 0.273 e. The summed E-state index contributed by atoms with van der Waals surface area (Å²) in [7, 11) is -3.89. The van der Waals surface area contributed by atoms with Crippen LogP contribution in [0.1, 0.15) is 35.3 Å². The Bertz CT molecular complexity index is 1060. The van der Waals surface area contributed by atoms with E-state index in [1.807, 2.05) is 0 Å². The first kappa shape index (κ1) is 20.7. The van der Waals surface area contributed by atoms with Crippen LogP contribution in [0.25, 0.3) is 11.6 Å². The molecular formula is C19H18ClFN2O3S2. The van der Waals surface area contributed by atoms with E-state index in [0.29, 0.717) is 21.2 Å². The lowest BCUT2D eigenvalue weighted by molar-refractivity contribution is -0.130. The zero-order valence-electron chi connectivity index (χ0n) is 15.0. The number of hydrogen-bond donors (Lipinski definition) is 1. The van der Waals surface area contributed by atoms with Crippen molar-refractivity contribution in [1.82, 2.24) is 9.84 Å². The number of hydrogen-bond acceptors (Lipinski definition) is 4. The first-order valence-corrected chi connectivity index (χ1v) is 11.1. The van der Waals surface area contributed by atoms with Gasteiger partial charge in [0.25, 0.3) is 10.0 Å². The normalized spacial score (nSPS) is 17.6. The maximum Gasteiger partial charge on any atom is 0.250 e. The van der Waals surface area contributed by atoms with Gasteiger partial charge in [-0.05, 0) is 43.2 Å². The molecule has 1 fully saturated rings. The van der Waals surface area contributed by atoms with Gasteiger partial charge in [0, 0.05) is 22.4 Å². The standard InChI is InChI=1S/C19H18ClFN2O3S2/c1-12(2)13-3-5-15(17(21)11-13)16-7-9-23(19(16)24)22-28(25,26)10-8-14-4-6-18(20)27-14/h3-6,8,10-11,16,22H,1,7,9H2,2H3/b10-8+/t16-/m0/s1. The van der Waals surface area contributed by atoms with Crippen molar-refractivity contribution in [3.8, 4) is 0 Å². The second-order valence-corrected chi connectivity index (χ2v) is 9.72. The van der Waals surface area contributed by atoms with Crippen LogP contribution in [0.15, 0.2) is 42.3 Å². The van der Waals surface area contributed by atoms with E-state index in [0.717, 1.165) is 16.0 Å². The van der Waals surface area contributed by atoms with E-state index in [2.05, 4.69) is 11.4 Å². The van der Waals surface area contributed by atoms with Gasteiger partial charge in [-0.3, -0.25) is 9.80 Å². The first-order valence-electron chi connectivity index (χ1n) is 8.39. The van der Waals surface area contributed by atoms with Crippen molar-refractivity contribution in [2.24, 2.45) is 0 Å². The van der Waals surface area contributed by atoms with E-state index in [-0.39, 0.29) is 12.1 Å². The molecule has 1 aromatic carbocycles. The van der Waals surface area contributed by atoms with Gasteiger partial charge in [-0.1, -0.05) is 35.9 Å². The summed E-state index contributed by atoms with van der Waals surface area (Å²) in [6.45, 7) is 5.69. The topological polar surface area (TPSA) is 66.5 Å². The zero-order valence-corrected chi connectivity index (χ0v) is 17.4. The van der Waals surface area contributed by atoms with E-state index in [1.54, 1.807) is 31.2 Å². The number of carbonyl (C=O) groups excluding carboxylic acids is 1. The van der Waals surface area contributed by atoms with Crippen LogP contribution in [0.4, 0.5) is 4.39 Å². The summed E-state index contributed by atoms with van der Waals surface area (Å²) in [5.74, 6) is -1.72. The van der Waals surface area contributed by atoms with Crippen molar-refractivity contribution in [3.63, 3.8) is 0 Å². The Morgan fingerprint density at radius 1 is 1.39 bits per heavy atom. The van der Waals surface area contributed by atoms with Gasteiger partial charge in [0.05, 0.1) is 10.3 Å². The molecule has 1 aliphatic heterocycles. The number of halogens is 2. The van der Waals surface area contributed by atoms with Crippen LogP contribution in [0.2, 0.25) is 4.34 Å². The molecule has 9 heteroatoms. The molecule has 1 aliphatic rings. The maximum absolute atomic E-state index is 14.4. The average Bonchev–Trinajstić information content (AvgIpc) is 3.19. The van der Waals surface area contributed by atoms with Gasteiger partial charge in [0.1, 0.15) is 5.82 Å². The molecule has 5 nitrogen and oxygen atoms in total. The average molecular weight is 441 g/mol. The van der Waals surface area contributed by atoms with Crippen molar-refractivity contribution in [2.75, 3.05) is 6.54 Å². The van der Waals surface area contributed by atoms with Gasteiger partial charge in [-0.25, -0.2) is 12.8 Å². The molecule has 0 aliphatic carbocycles. The second-order valence-electron chi connectivity index (χ2n) is 6.43. The van der Waals surface area contributed by atoms with E-state index in [9.17, 15) is 17.6 Å². The lowest BCUT2D eigenvalue weighted by Gasteiger charge is -2.17. The number of sulfonamides is 1. The molecule has 0 bridgehead atoms. The molecule has 0 radical (unpaired) electrons. The highest BCUT2D eigenvalue weighted by atomic mass is 35.5. The number of thiophene rings is 1. The summed E-state index contributed by atoms with van der Waals surface area (Å²) in [6.07, 6.45) is 1.71. The molecule has 2 heterocycles. The minimum absolute atomic E-state index is 0.156. The van der Waals surface area contributed by atoms with Gasteiger partial charge < -0.3 is 0 Å². The first-order chi connectivity index (χ1) is 13.2. The summed E-state index contributed by atoms with van der Waals surface area (Å²) < 4.78 is 39.5. The third kappa shape index (κ3) is 4.70. The monoisotopic (exact) mass is 440 g/mol. The number of hydrazine groups is 1. The van der Waals surface area contributed by atoms with Gasteiger partial charge in [0.2, 0.25) is 5.91 Å². The number of amides is 1. The van der Waals surface area contributed by atoms with Crippen LogP contribution in [-0.4, -0.2) is 25.9 Å². The number of benzene rings is 1. The van der Waals surface area contributed by atoms with Gasteiger partial charge in [0.15, 0.2) is 0 Å². The molecule has 28 heavy (non-hydrogen) atoms. The molecule has 148 valence electrons. The Kier molecular flexibility index (Phi) is 6.04. The number of allylic oxidation sites excluding steroid dienone is 1. The number of carbonyl (C=O) groups is 1. The molecule has 0 spiro atoms. The highest BCUT2D eigenvalue weighted by molar-refractivity contribution is 7.92. The fraction of sp³-hybridized carbons (Fsp3) is 0.211. The zero-order chi connectivity index (χ0) is 20.5. The minimum Gasteiger partial charge on any atom is -0.273 e. The Morgan fingerprint density at radius 3 is 2.75 bits per heavy atom. The van der Waals surface area contributed by atoms with Crippen molar-refractivity contribution in [2.45, 2.75) is 19.3 Å². The van der Waals surface area contributed by atoms with E-state index in [1.165, 1.54) is 23.5 Å². The van der Waals surface area contributed by atoms with Crippen LogP contribution in [0.5, 0.6) is 0 Å². The van der Waals surface area contributed by atoms with Crippen LogP contribution >= 0.6 is 22.9 Å². The fourth-order valence-corrected chi connectivity index (χ4v) is 4.82. The summed E-state index contributed by atoms with van der Waals surface area (Å²) in [4.78, 5) is 15.5. The van der Waals surface area contributed by atoms with Crippen LogP contribution in [-0.2, 0) is 14.8 Å². The van der Waals surface area contributed by atoms with E-state index < -0.39 is 27.7 Å². The van der Waals surface area contributed by atoms with E-state index in [4.69, 9.17) is 11.6 Å². The van der Waals surface area contributed by atoms with Gasteiger partial charge in [-0.2, -0.15) is 0 Å². The van der Waals surface area contributed by atoms with Crippen LogP contribution in [0.3, 0.4) is 0 Å². The Morgan fingerprint density at radius 2 is 2.14 bits per heavy atom. The lowest BCUT2D eigenvalue weighted by Crippen LogP contribution is -2.42. The molecule has 0 saturated carbocycles. The highest BCUT2D eigenvalue weighted by Crippen LogP contribution is 2.31. The SMILES string of the molecule is C=C(C)c1ccc([C@@H]2CCN(NS(=O)(=O)/C=C/c3ccc(Cl)s3)C2=O)c(F)c1. The Labute approximate surface area is 172 Å². The third-order valence-electron chi connectivity index (χ3n) is 4.32. The fourth-order valence-electron chi connectivity index (χ4n) is 2.89. The molecule has 1 atom stereocenters. The third-order valence-corrected chi connectivity index (χ3v) is 6.48. The molecule has 2 aromatic rings. The second kappa shape index (κ2) is 8.16. The number of rotatable bonds is 6. The quantitative estimate of drug-likeness (QED) is 0.724. The predicted molar refractivity (Wildman–Crippen MR) is 111 cm³/mol. The predicted octanol–water partition coefficient (Wildman–Crippen LogP) is 4.39. The summed E-state index contributed by atoms with van der Waals surface area (Å²) in [5.41, 5.74) is 1.62. The Hall–Kier alpha value is -2.00. The minimum atomic E-state index is -3.89. The van der Waals surface area contributed by atoms with Gasteiger partial charge >= 0.3 is 0 Å². The summed E-state index contributed by atoms with van der Waals surface area (Å²) >= 11 is 7.04. The van der Waals surface area contributed by atoms with Crippen LogP contribution in [0, 0.1) is 5.82 Å². The number of nitrogens with one attached hydrogen (secondary N) is 1. The van der Waals surface area contributed by atoms with Gasteiger partial charge in [-0.15, -0.1) is 16.2 Å². The molecule has 1 N–H and O–H groups in total. The lowest BCUT2D eigenvalue weighted by atomic mass is 9.95. The van der Waals surface area contributed by atoms with Crippen molar-refractivity contribution in [3.05, 3.63) is 68.5 Å². The van der Waals surface area contributed by atoms with E-state index >= 15 is 0 Å². The maximum atomic E-state index is 14.4. The molecular weight excluding hydrogens is 423 g/mol. The van der Waals surface area contributed by atoms with Crippen molar-refractivity contribution >= 4 is 50.5 Å². The summed E-state index contributed by atoms with van der Waals surface area (Å²) in [6, 6.07) is 7.95. The highest BCUT2D eigenvalue weighted by Gasteiger charge is 2.36. The molecule has 1 saturated heterocycles. The van der Waals surface area contributed by atoms with Crippen molar-refractivity contribution < 1.29 is 17.6 Å². The number of nitrogens with zero attached hydrogens (tertiary/aromatic N) is 1. The molecule has 1 aromatic heterocycles. The summed E-state index contributed by atoms with van der Waals surface area (Å²) in [5, 5.41) is 1.98. The molecule has 3 rings (SSSR count). The van der Waals surface area contributed by atoms with Crippen molar-refractivity contribution in [1.29, 1.82) is 0 Å².